The number of azo groups is 1. The van der Waals surface area contributed by atoms with Gasteiger partial charge in [-0.1, -0.05) is 18.2 Å². The smallest absolute Gasteiger partial charge is 0.183 e. The molecule has 0 saturated carbocycles. The van der Waals surface area contributed by atoms with E-state index in [-0.39, 0.29) is 60.2 Å². The number of nitrogens with zero attached hydrogens (tertiary/aromatic N) is 4. The fourth-order valence-corrected chi connectivity index (χ4v) is 5.93. The molecule has 6 N–H and O–H groups in total. The molecule has 0 amide bonds. The first-order chi connectivity index (χ1) is 22.1. The van der Waals surface area contributed by atoms with Crippen LogP contribution in [0.2, 0.25) is 0 Å². The van der Waals surface area contributed by atoms with Crippen LogP contribution >= 0.6 is 0 Å². The standard InChI is InChI=1S/C31H45N7O7S/c1-21(2)38(12-14-39)13-18-46(41,42)27-20-25(43-4)24(19-26(27)44-5)36-37-29-22(3)28(32)30(33-11-16-45-17-15-40)35-31(29)34-23-9-7-6-8-10-23/h6-10,19-21,39-40H,11-18,32H2,1-5H3,(H2,33,34,35). The van der Waals surface area contributed by atoms with Crippen molar-refractivity contribution in [2.45, 2.75) is 31.7 Å². The highest BCUT2D eigenvalue weighted by molar-refractivity contribution is 7.91. The van der Waals surface area contributed by atoms with Gasteiger partial charge in [-0.15, -0.1) is 10.2 Å². The molecule has 3 rings (SSSR count). The third-order valence-electron chi connectivity index (χ3n) is 7.10. The molecule has 0 aliphatic rings. The number of nitrogen functional groups attached to an aromatic ring is 1. The summed E-state index contributed by atoms with van der Waals surface area (Å²) in [6.07, 6.45) is 0. The van der Waals surface area contributed by atoms with Crippen molar-refractivity contribution in [3.8, 4) is 11.5 Å². The zero-order valence-electron chi connectivity index (χ0n) is 27.0. The molecule has 0 spiro atoms. The van der Waals surface area contributed by atoms with E-state index in [1.807, 2.05) is 49.1 Å². The molecular weight excluding hydrogens is 614 g/mol. The summed E-state index contributed by atoms with van der Waals surface area (Å²) in [6, 6.07) is 12.3. The lowest BCUT2D eigenvalue weighted by molar-refractivity contribution is 0.0992. The number of rotatable bonds is 19. The van der Waals surface area contributed by atoms with Gasteiger partial charge >= 0.3 is 0 Å². The van der Waals surface area contributed by atoms with E-state index in [4.69, 9.17) is 25.1 Å². The number of hydrogen-bond acceptors (Lipinski definition) is 14. The number of anilines is 4. The number of ether oxygens (including phenoxy) is 3. The zero-order valence-corrected chi connectivity index (χ0v) is 27.8. The van der Waals surface area contributed by atoms with Gasteiger partial charge in [-0.3, -0.25) is 4.90 Å². The lowest BCUT2D eigenvalue weighted by Crippen LogP contribution is -2.37. The molecule has 0 aliphatic heterocycles. The number of nitrogens with one attached hydrogen (secondary N) is 2. The van der Waals surface area contributed by atoms with Crippen LogP contribution in [-0.2, 0) is 14.6 Å². The summed E-state index contributed by atoms with van der Waals surface area (Å²) in [5.74, 6) is 0.886. The predicted molar refractivity (Wildman–Crippen MR) is 179 cm³/mol. The predicted octanol–water partition coefficient (Wildman–Crippen LogP) is 4.05. The minimum Gasteiger partial charge on any atom is -0.495 e. The van der Waals surface area contributed by atoms with Crippen molar-refractivity contribution < 1.29 is 32.8 Å². The Labute approximate surface area is 270 Å². The lowest BCUT2D eigenvalue weighted by atomic mass is 10.2. The van der Waals surface area contributed by atoms with Gasteiger partial charge in [0.25, 0.3) is 0 Å². The number of methoxy groups -OCH3 is 2. The SMILES string of the molecule is COc1cc(S(=O)(=O)CCN(CCO)C(C)C)c(OC)cc1N=Nc1c(Nc2ccccc2)nc(NCCOCCO)c(N)c1C. The molecule has 1 heterocycles. The average Bonchev–Trinajstić information content (AvgIpc) is 3.04. The fraction of sp³-hybridized carbons (Fsp3) is 0.452. The van der Waals surface area contributed by atoms with Crippen LogP contribution in [0.4, 0.5) is 34.4 Å². The van der Waals surface area contributed by atoms with Crippen LogP contribution in [0.3, 0.4) is 0 Å². The van der Waals surface area contributed by atoms with Gasteiger partial charge < -0.3 is 40.8 Å². The Kier molecular flexibility index (Phi) is 14.0. The summed E-state index contributed by atoms with van der Waals surface area (Å²) < 4.78 is 43.2. The Balaban J connectivity index is 2.00. The molecule has 0 fully saturated rings. The Bertz CT molecular complexity index is 1550. The van der Waals surface area contributed by atoms with E-state index in [0.717, 1.165) is 5.69 Å². The number of para-hydroxylation sites is 1. The molecule has 0 radical (unpaired) electrons. The van der Waals surface area contributed by atoms with Gasteiger partial charge in [0.15, 0.2) is 21.5 Å². The number of aromatic nitrogens is 1. The number of aliphatic hydroxyl groups is 2. The lowest BCUT2D eigenvalue weighted by Gasteiger charge is -2.25. The fourth-order valence-electron chi connectivity index (χ4n) is 4.50. The average molecular weight is 660 g/mol. The van der Waals surface area contributed by atoms with Crippen LogP contribution in [-0.4, -0.2) is 101 Å². The molecule has 15 heteroatoms. The third kappa shape index (κ3) is 9.74. The molecule has 0 saturated heterocycles. The van der Waals surface area contributed by atoms with Gasteiger partial charge in [-0.25, -0.2) is 13.4 Å². The molecule has 46 heavy (non-hydrogen) atoms. The topological polar surface area (TPSA) is 193 Å². The first kappa shape index (κ1) is 36.4. The van der Waals surface area contributed by atoms with E-state index in [0.29, 0.717) is 48.3 Å². The number of pyridine rings is 1. The molecule has 2 aromatic carbocycles. The van der Waals surface area contributed by atoms with Crippen LogP contribution in [0, 0.1) is 6.92 Å². The van der Waals surface area contributed by atoms with E-state index in [9.17, 15) is 13.5 Å². The second-order valence-electron chi connectivity index (χ2n) is 10.5. The summed E-state index contributed by atoms with van der Waals surface area (Å²) in [4.78, 5) is 6.53. The van der Waals surface area contributed by atoms with Crippen molar-refractivity contribution in [2.24, 2.45) is 10.2 Å². The summed E-state index contributed by atoms with van der Waals surface area (Å²) in [6.45, 7) is 7.11. The summed E-state index contributed by atoms with van der Waals surface area (Å²) in [7, 11) is -1.01. The number of aliphatic hydroxyl groups excluding tert-OH is 2. The van der Waals surface area contributed by atoms with E-state index in [1.54, 1.807) is 6.92 Å². The molecule has 14 nitrogen and oxygen atoms in total. The number of sulfone groups is 1. The van der Waals surface area contributed by atoms with Gasteiger partial charge in [0, 0.05) is 49.1 Å². The van der Waals surface area contributed by atoms with Gasteiger partial charge in [0.05, 0.1) is 52.1 Å². The van der Waals surface area contributed by atoms with E-state index in [1.165, 1.54) is 26.4 Å². The van der Waals surface area contributed by atoms with Gasteiger partial charge in [0.2, 0.25) is 0 Å². The van der Waals surface area contributed by atoms with E-state index < -0.39 is 9.84 Å². The second-order valence-corrected chi connectivity index (χ2v) is 12.6. The highest BCUT2D eigenvalue weighted by Crippen LogP contribution is 2.41. The molecule has 0 atom stereocenters. The highest BCUT2D eigenvalue weighted by Gasteiger charge is 2.25. The number of nitrogens with two attached hydrogens (primary N) is 1. The van der Waals surface area contributed by atoms with Crippen LogP contribution in [0.25, 0.3) is 0 Å². The maximum absolute atomic E-state index is 13.4. The summed E-state index contributed by atoms with van der Waals surface area (Å²) in [5, 5.41) is 33.6. The monoisotopic (exact) mass is 659 g/mol. The quantitative estimate of drug-likeness (QED) is 0.0917. The maximum Gasteiger partial charge on any atom is 0.183 e. The summed E-state index contributed by atoms with van der Waals surface area (Å²) >= 11 is 0. The van der Waals surface area contributed by atoms with Crippen LogP contribution in [0.1, 0.15) is 19.4 Å². The molecule has 252 valence electrons. The third-order valence-corrected chi connectivity index (χ3v) is 8.81. The molecular formula is C31H45N7O7S. The van der Waals surface area contributed by atoms with E-state index >= 15 is 0 Å². The van der Waals surface area contributed by atoms with Crippen molar-refractivity contribution in [2.75, 3.05) is 82.4 Å². The van der Waals surface area contributed by atoms with Crippen molar-refractivity contribution in [3.63, 3.8) is 0 Å². The first-order valence-electron chi connectivity index (χ1n) is 14.9. The second kappa shape index (κ2) is 17.6. The maximum atomic E-state index is 13.4. The Morgan fingerprint density at radius 3 is 2.33 bits per heavy atom. The molecule has 1 aromatic heterocycles. The van der Waals surface area contributed by atoms with Crippen molar-refractivity contribution >= 4 is 44.2 Å². The Morgan fingerprint density at radius 1 is 0.978 bits per heavy atom. The molecule has 3 aromatic rings. The van der Waals surface area contributed by atoms with Crippen molar-refractivity contribution in [1.29, 1.82) is 0 Å². The van der Waals surface area contributed by atoms with Gasteiger partial charge in [-0.05, 0) is 32.9 Å². The number of hydrogen-bond donors (Lipinski definition) is 5. The minimum atomic E-state index is -3.80. The molecule has 0 unspecified atom stereocenters. The van der Waals surface area contributed by atoms with Gasteiger partial charge in [-0.2, -0.15) is 0 Å². The number of benzene rings is 2. The zero-order chi connectivity index (χ0) is 33.7. The largest absolute Gasteiger partial charge is 0.495 e. The first-order valence-corrected chi connectivity index (χ1v) is 16.5. The van der Waals surface area contributed by atoms with Crippen LogP contribution < -0.4 is 25.8 Å². The Morgan fingerprint density at radius 2 is 1.70 bits per heavy atom. The Hall–Kier alpha value is -4.02. The highest BCUT2D eigenvalue weighted by atomic mass is 32.2. The van der Waals surface area contributed by atoms with Crippen LogP contribution in [0.15, 0.2) is 57.6 Å². The summed E-state index contributed by atoms with van der Waals surface area (Å²) in [5.41, 5.74) is 8.75. The van der Waals surface area contributed by atoms with Crippen LogP contribution in [0.5, 0.6) is 11.5 Å². The van der Waals surface area contributed by atoms with E-state index in [2.05, 4.69) is 25.8 Å². The molecule has 0 aliphatic carbocycles. The van der Waals surface area contributed by atoms with Crippen molar-refractivity contribution in [1.82, 2.24) is 9.88 Å². The minimum absolute atomic E-state index is 0.0366. The normalized spacial score (nSPS) is 11.8. The van der Waals surface area contributed by atoms with Gasteiger partial charge in [0.1, 0.15) is 27.8 Å². The molecule has 0 bridgehead atoms. The van der Waals surface area contributed by atoms with Crippen molar-refractivity contribution in [3.05, 3.63) is 48.0 Å².